The summed E-state index contributed by atoms with van der Waals surface area (Å²) in [6, 6.07) is 17.3. The maximum Gasteiger partial charge on any atom is 0.161 e. The highest BCUT2D eigenvalue weighted by molar-refractivity contribution is 5.88. The van der Waals surface area contributed by atoms with Crippen LogP contribution in [-0.2, 0) is 0 Å². The summed E-state index contributed by atoms with van der Waals surface area (Å²) in [6.45, 7) is 6.68. The van der Waals surface area contributed by atoms with Crippen molar-refractivity contribution in [3.8, 4) is 0 Å². The fourth-order valence-electron chi connectivity index (χ4n) is 3.09. The lowest BCUT2D eigenvalue weighted by molar-refractivity contribution is -0.00000360. The van der Waals surface area contributed by atoms with Crippen molar-refractivity contribution in [1.29, 1.82) is 0 Å². The van der Waals surface area contributed by atoms with E-state index in [0.29, 0.717) is 0 Å². The van der Waals surface area contributed by atoms with Gasteiger partial charge in [0.1, 0.15) is 11.4 Å². The molecule has 0 aliphatic carbocycles. The van der Waals surface area contributed by atoms with Crippen LogP contribution in [0, 0.1) is 0 Å². The number of halogens is 1. The highest BCUT2D eigenvalue weighted by atomic mass is 79.9. The number of fused-ring (bicyclic) bond motifs is 2. The van der Waals surface area contributed by atoms with Crippen LogP contribution in [0.4, 0.5) is 22.7 Å². The van der Waals surface area contributed by atoms with Crippen LogP contribution in [0.15, 0.2) is 48.5 Å². The van der Waals surface area contributed by atoms with Gasteiger partial charge in [-0.05, 0) is 26.0 Å². The molecule has 0 bridgehead atoms. The maximum atomic E-state index is 3.55. The van der Waals surface area contributed by atoms with E-state index >= 15 is 0 Å². The molecule has 1 N–H and O–H groups in total. The van der Waals surface area contributed by atoms with Crippen LogP contribution in [0.1, 0.15) is 13.8 Å². The van der Waals surface area contributed by atoms with Crippen LogP contribution in [0.5, 0.6) is 0 Å². The number of para-hydroxylation sites is 4. The lowest BCUT2D eigenvalue weighted by Gasteiger charge is -2.41. The molecule has 2 aromatic rings. The van der Waals surface area contributed by atoms with Crippen molar-refractivity contribution >= 4 is 22.7 Å². The van der Waals surface area contributed by atoms with E-state index in [4.69, 9.17) is 0 Å². The molecule has 19 heavy (non-hydrogen) atoms. The Balaban J connectivity index is 0.00000133. The third-order valence-corrected chi connectivity index (χ3v) is 4.08. The molecule has 0 aromatic heterocycles. The molecular formula is C16H19BrN2. The molecule has 0 fully saturated rings. The van der Waals surface area contributed by atoms with Gasteiger partial charge in [-0.15, -0.1) is 0 Å². The SMILES string of the molecule is CC[N+]1(CC)c2ccccc2Nc2ccccc21.[Br-]. The smallest absolute Gasteiger partial charge is 0.161 e. The Morgan fingerprint density at radius 3 is 1.63 bits per heavy atom. The Kier molecular flexibility index (Phi) is 3.97. The second kappa shape index (κ2) is 5.35. The Morgan fingerprint density at radius 1 is 0.789 bits per heavy atom. The van der Waals surface area contributed by atoms with Gasteiger partial charge in [-0.1, -0.05) is 24.3 Å². The molecule has 0 amide bonds. The quantitative estimate of drug-likeness (QED) is 0.826. The fourth-order valence-corrected chi connectivity index (χ4v) is 3.09. The maximum absolute atomic E-state index is 3.55. The molecule has 1 aliphatic rings. The van der Waals surface area contributed by atoms with Crippen LogP contribution in [0.25, 0.3) is 0 Å². The number of hydrogen-bond donors (Lipinski definition) is 1. The van der Waals surface area contributed by atoms with Crippen molar-refractivity contribution in [2.24, 2.45) is 0 Å². The van der Waals surface area contributed by atoms with Crippen LogP contribution < -0.4 is 26.8 Å². The second-order valence-electron chi connectivity index (χ2n) is 4.76. The van der Waals surface area contributed by atoms with Gasteiger partial charge >= 0.3 is 0 Å². The monoisotopic (exact) mass is 318 g/mol. The summed E-state index contributed by atoms with van der Waals surface area (Å²) in [5.41, 5.74) is 5.22. The minimum absolute atomic E-state index is 0. The third kappa shape index (κ3) is 1.97. The normalized spacial score (nSPS) is 14.6. The number of benzene rings is 2. The van der Waals surface area contributed by atoms with Crippen LogP contribution >= 0.6 is 0 Å². The molecule has 1 aliphatic heterocycles. The fraction of sp³-hybridized carbons (Fsp3) is 0.250. The zero-order valence-corrected chi connectivity index (χ0v) is 12.9. The van der Waals surface area contributed by atoms with Gasteiger partial charge in [0.2, 0.25) is 0 Å². The summed E-state index contributed by atoms with van der Waals surface area (Å²) >= 11 is 0. The van der Waals surface area contributed by atoms with Crippen molar-refractivity contribution in [2.75, 3.05) is 18.4 Å². The molecule has 0 atom stereocenters. The van der Waals surface area contributed by atoms with Crippen molar-refractivity contribution in [3.63, 3.8) is 0 Å². The molecule has 0 saturated heterocycles. The number of hydrogen-bond acceptors (Lipinski definition) is 1. The summed E-state index contributed by atoms with van der Waals surface area (Å²) in [5, 5.41) is 3.55. The van der Waals surface area contributed by atoms with E-state index in [1.807, 2.05) is 0 Å². The number of nitrogens with zero attached hydrogens (tertiary/aromatic N) is 1. The Hall–Kier alpha value is -1.32. The van der Waals surface area contributed by atoms with E-state index in [9.17, 15) is 0 Å². The average Bonchev–Trinajstić information content (AvgIpc) is 2.45. The van der Waals surface area contributed by atoms with Gasteiger partial charge in [-0.2, -0.15) is 0 Å². The Bertz CT molecular complexity index is 529. The topological polar surface area (TPSA) is 12.0 Å². The lowest BCUT2D eigenvalue weighted by atomic mass is 10.1. The van der Waals surface area contributed by atoms with E-state index < -0.39 is 0 Å². The first-order valence-corrected chi connectivity index (χ1v) is 6.65. The standard InChI is InChI=1S/C16H19N2.BrH/c1-3-18(4-2)15-11-7-5-9-13(15)17-14-10-6-8-12-16(14)18;/h5-12,17H,3-4H2,1-2H3;1H/q+1;/p-1. The summed E-state index contributed by atoms with van der Waals surface area (Å²) < 4.78 is 0.930. The molecule has 0 radical (unpaired) electrons. The van der Waals surface area contributed by atoms with Crippen LogP contribution in [-0.4, -0.2) is 13.1 Å². The molecular weight excluding hydrogens is 300 g/mol. The number of rotatable bonds is 2. The minimum Gasteiger partial charge on any atom is -1.00 e. The summed E-state index contributed by atoms with van der Waals surface area (Å²) in [4.78, 5) is 0. The van der Waals surface area contributed by atoms with Gasteiger partial charge in [0.25, 0.3) is 0 Å². The lowest BCUT2D eigenvalue weighted by Crippen LogP contribution is -3.00. The first-order chi connectivity index (χ1) is 8.81. The second-order valence-corrected chi connectivity index (χ2v) is 4.76. The molecule has 0 unspecified atom stereocenters. The predicted molar refractivity (Wildman–Crippen MR) is 78.7 cm³/mol. The first kappa shape index (κ1) is 14.1. The van der Waals surface area contributed by atoms with E-state index in [1.54, 1.807) is 0 Å². The van der Waals surface area contributed by atoms with Gasteiger partial charge in [0.15, 0.2) is 11.4 Å². The molecule has 2 aromatic carbocycles. The van der Waals surface area contributed by atoms with E-state index in [0.717, 1.165) is 17.6 Å². The molecule has 0 saturated carbocycles. The van der Waals surface area contributed by atoms with E-state index in [-0.39, 0.29) is 17.0 Å². The molecule has 100 valence electrons. The molecule has 3 rings (SSSR count). The number of anilines is 2. The van der Waals surface area contributed by atoms with Gasteiger partial charge in [-0.3, -0.25) is 4.48 Å². The average molecular weight is 319 g/mol. The van der Waals surface area contributed by atoms with Crippen molar-refractivity contribution < 1.29 is 17.0 Å². The highest BCUT2D eigenvalue weighted by Gasteiger charge is 2.37. The molecule has 1 heterocycles. The van der Waals surface area contributed by atoms with Gasteiger partial charge in [-0.25, -0.2) is 0 Å². The highest BCUT2D eigenvalue weighted by Crippen LogP contribution is 2.48. The molecule has 0 spiro atoms. The van der Waals surface area contributed by atoms with Crippen LogP contribution in [0.3, 0.4) is 0 Å². The molecule has 2 nitrogen and oxygen atoms in total. The number of nitrogens with one attached hydrogen (secondary N) is 1. The van der Waals surface area contributed by atoms with E-state index in [2.05, 4.69) is 67.7 Å². The zero-order chi connectivity index (χ0) is 12.6. The predicted octanol–water partition coefficient (Wildman–Crippen LogP) is 1.43. The molecule has 3 heteroatoms. The van der Waals surface area contributed by atoms with E-state index in [1.165, 1.54) is 22.7 Å². The van der Waals surface area contributed by atoms with Gasteiger partial charge in [0, 0.05) is 12.1 Å². The first-order valence-electron chi connectivity index (χ1n) is 6.65. The van der Waals surface area contributed by atoms with Crippen LogP contribution in [0.2, 0.25) is 0 Å². The third-order valence-electron chi connectivity index (χ3n) is 4.08. The minimum atomic E-state index is 0. The van der Waals surface area contributed by atoms with Crippen molar-refractivity contribution in [1.82, 2.24) is 4.48 Å². The van der Waals surface area contributed by atoms with Gasteiger partial charge in [0.05, 0.1) is 13.1 Å². The number of quaternary nitrogens is 1. The van der Waals surface area contributed by atoms with Crippen molar-refractivity contribution in [2.45, 2.75) is 13.8 Å². The van der Waals surface area contributed by atoms with Gasteiger partial charge < -0.3 is 22.3 Å². The zero-order valence-electron chi connectivity index (χ0n) is 11.4. The summed E-state index contributed by atoms with van der Waals surface area (Å²) in [5.74, 6) is 0. The Morgan fingerprint density at radius 2 is 1.21 bits per heavy atom. The summed E-state index contributed by atoms with van der Waals surface area (Å²) in [6.07, 6.45) is 0. The summed E-state index contributed by atoms with van der Waals surface area (Å²) in [7, 11) is 0. The Labute approximate surface area is 125 Å². The van der Waals surface area contributed by atoms with Crippen molar-refractivity contribution in [3.05, 3.63) is 48.5 Å². The largest absolute Gasteiger partial charge is 1.00 e.